The fourth-order valence-corrected chi connectivity index (χ4v) is 3.45. The molecule has 4 aromatic rings. The molecule has 0 bridgehead atoms. The van der Waals surface area contributed by atoms with E-state index < -0.39 is 0 Å². The summed E-state index contributed by atoms with van der Waals surface area (Å²) in [6.45, 7) is 0. The Morgan fingerprint density at radius 1 is 0.677 bits per heavy atom. The first-order chi connectivity index (χ1) is 15.0. The van der Waals surface area contributed by atoms with Gasteiger partial charge in [0.05, 0.1) is 17.1 Å². The van der Waals surface area contributed by atoms with Crippen molar-refractivity contribution in [1.82, 2.24) is 9.78 Å². The lowest BCUT2D eigenvalue weighted by atomic mass is 10.1. The Morgan fingerprint density at radius 2 is 1.26 bits per heavy atom. The Labute approximate surface area is 184 Å². The Balaban J connectivity index is 1.69. The highest BCUT2D eigenvalue weighted by Gasteiger charge is 2.11. The molecule has 4 rings (SSSR count). The molecule has 1 aromatic heterocycles. The van der Waals surface area contributed by atoms with Crippen LogP contribution in [0.1, 0.15) is 11.3 Å². The number of rotatable bonds is 6. The van der Waals surface area contributed by atoms with E-state index in [9.17, 15) is 0 Å². The fraction of sp³-hybridized carbons (Fsp3) is 0.148. The summed E-state index contributed by atoms with van der Waals surface area (Å²) < 4.78 is 2.01. The van der Waals surface area contributed by atoms with Gasteiger partial charge in [-0.3, -0.25) is 0 Å². The first-order valence-corrected chi connectivity index (χ1v) is 10.4. The van der Waals surface area contributed by atoms with Gasteiger partial charge in [-0.15, -0.1) is 0 Å². The molecule has 0 unspecified atom stereocenters. The van der Waals surface area contributed by atoms with Gasteiger partial charge in [0.25, 0.3) is 0 Å². The van der Waals surface area contributed by atoms with E-state index in [-0.39, 0.29) is 0 Å². The van der Waals surface area contributed by atoms with E-state index in [1.807, 2.05) is 37.0 Å². The second-order valence-corrected chi connectivity index (χ2v) is 7.96. The topological polar surface area (TPSA) is 24.3 Å². The number of benzene rings is 3. The zero-order chi connectivity index (χ0) is 21.8. The molecular formula is C27H28N4. The van der Waals surface area contributed by atoms with Crippen LogP contribution in [0.3, 0.4) is 0 Å². The standard InChI is InChI=1S/C27H28N4/c1-29(2)24-16-11-21(12-17-24)10-15-23-20-27(22-13-18-25(19-14-22)30(3)4)31(28-23)26-8-6-5-7-9-26/h5-20H,1-4H3. The molecule has 0 N–H and O–H groups in total. The van der Waals surface area contributed by atoms with Crippen LogP contribution < -0.4 is 9.80 Å². The molecule has 4 nitrogen and oxygen atoms in total. The van der Waals surface area contributed by atoms with Crippen LogP contribution in [-0.2, 0) is 0 Å². The number of anilines is 2. The lowest BCUT2D eigenvalue weighted by Crippen LogP contribution is -2.08. The number of para-hydroxylation sites is 1. The van der Waals surface area contributed by atoms with E-state index in [1.54, 1.807) is 0 Å². The largest absolute Gasteiger partial charge is 0.378 e. The van der Waals surface area contributed by atoms with Gasteiger partial charge in [-0.2, -0.15) is 5.10 Å². The van der Waals surface area contributed by atoms with Gasteiger partial charge in [-0.25, -0.2) is 4.68 Å². The van der Waals surface area contributed by atoms with Gasteiger partial charge in [0.15, 0.2) is 0 Å². The van der Waals surface area contributed by atoms with Crippen molar-refractivity contribution < 1.29 is 0 Å². The van der Waals surface area contributed by atoms with Crippen LogP contribution in [0.15, 0.2) is 84.9 Å². The molecule has 0 saturated carbocycles. The van der Waals surface area contributed by atoms with Gasteiger partial charge < -0.3 is 9.80 Å². The average molecular weight is 409 g/mol. The number of nitrogens with zero attached hydrogens (tertiary/aromatic N) is 4. The van der Waals surface area contributed by atoms with E-state index in [0.717, 1.165) is 28.2 Å². The highest BCUT2D eigenvalue weighted by molar-refractivity contribution is 5.73. The summed E-state index contributed by atoms with van der Waals surface area (Å²) in [7, 11) is 8.20. The monoisotopic (exact) mass is 408 g/mol. The molecule has 0 atom stereocenters. The predicted octanol–water partition coefficient (Wildman–Crippen LogP) is 5.84. The maximum absolute atomic E-state index is 4.89. The molecule has 0 spiro atoms. The van der Waals surface area contributed by atoms with Crippen LogP contribution in [0.4, 0.5) is 11.4 Å². The van der Waals surface area contributed by atoms with Crippen LogP contribution in [0, 0.1) is 0 Å². The third kappa shape index (κ3) is 4.69. The normalized spacial score (nSPS) is 11.1. The number of hydrogen-bond donors (Lipinski definition) is 0. The van der Waals surface area contributed by atoms with Gasteiger partial charge in [0.1, 0.15) is 0 Å². The van der Waals surface area contributed by atoms with E-state index in [4.69, 9.17) is 5.10 Å². The molecule has 156 valence electrons. The van der Waals surface area contributed by atoms with Crippen LogP contribution in [0.5, 0.6) is 0 Å². The van der Waals surface area contributed by atoms with E-state index in [1.165, 1.54) is 11.4 Å². The molecule has 0 radical (unpaired) electrons. The van der Waals surface area contributed by atoms with E-state index in [2.05, 4.69) is 103 Å². The van der Waals surface area contributed by atoms with E-state index >= 15 is 0 Å². The van der Waals surface area contributed by atoms with Crippen molar-refractivity contribution in [3.8, 4) is 16.9 Å². The van der Waals surface area contributed by atoms with E-state index in [0.29, 0.717) is 0 Å². The molecule has 3 aromatic carbocycles. The van der Waals surface area contributed by atoms with Crippen molar-refractivity contribution in [1.29, 1.82) is 0 Å². The van der Waals surface area contributed by atoms with Crippen molar-refractivity contribution in [2.24, 2.45) is 0 Å². The minimum Gasteiger partial charge on any atom is -0.378 e. The zero-order valence-corrected chi connectivity index (χ0v) is 18.5. The highest BCUT2D eigenvalue weighted by atomic mass is 15.3. The molecule has 4 heteroatoms. The van der Waals surface area contributed by atoms with Gasteiger partial charge in [0, 0.05) is 45.1 Å². The van der Waals surface area contributed by atoms with Crippen LogP contribution in [0.2, 0.25) is 0 Å². The molecule has 0 aliphatic carbocycles. The minimum absolute atomic E-state index is 0.923. The Hall–Kier alpha value is -3.79. The minimum atomic E-state index is 0.923. The summed E-state index contributed by atoms with van der Waals surface area (Å²) in [5, 5.41) is 4.89. The van der Waals surface area contributed by atoms with Crippen LogP contribution >= 0.6 is 0 Å². The molecule has 0 amide bonds. The third-order valence-corrected chi connectivity index (χ3v) is 5.26. The molecular weight excluding hydrogens is 380 g/mol. The fourth-order valence-electron chi connectivity index (χ4n) is 3.45. The predicted molar refractivity (Wildman–Crippen MR) is 133 cm³/mol. The summed E-state index contributed by atoms with van der Waals surface area (Å²) in [6, 6.07) is 29.5. The van der Waals surface area contributed by atoms with Crippen molar-refractivity contribution in [3.05, 3.63) is 96.2 Å². The van der Waals surface area contributed by atoms with Gasteiger partial charge in [-0.1, -0.05) is 48.5 Å². The molecule has 0 fully saturated rings. The maximum atomic E-state index is 4.89. The van der Waals surface area contributed by atoms with Crippen molar-refractivity contribution in [2.45, 2.75) is 0 Å². The Bertz CT molecular complexity index is 1150. The second kappa shape index (κ2) is 8.92. The third-order valence-electron chi connectivity index (χ3n) is 5.26. The van der Waals surface area contributed by atoms with Crippen molar-refractivity contribution >= 4 is 23.5 Å². The number of aromatic nitrogens is 2. The lowest BCUT2D eigenvalue weighted by molar-refractivity contribution is 0.883. The van der Waals surface area contributed by atoms with Crippen molar-refractivity contribution in [3.63, 3.8) is 0 Å². The Morgan fingerprint density at radius 3 is 1.84 bits per heavy atom. The van der Waals surface area contributed by atoms with Crippen LogP contribution in [0.25, 0.3) is 29.1 Å². The maximum Gasteiger partial charge on any atom is 0.0862 e. The molecule has 1 heterocycles. The lowest BCUT2D eigenvalue weighted by Gasteiger charge is -2.13. The number of hydrogen-bond acceptors (Lipinski definition) is 3. The van der Waals surface area contributed by atoms with Gasteiger partial charge in [-0.05, 0) is 54.1 Å². The first-order valence-electron chi connectivity index (χ1n) is 10.4. The summed E-state index contributed by atoms with van der Waals surface area (Å²) in [6.07, 6.45) is 4.18. The molecule has 0 aliphatic rings. The molecule has 0 saturated heterocycles. The summed E-state index contributed by atoms with van der Waals surface area (Å²) >= 11 is 0. The molecule has 31 heavy (non-hydrogen) atoms. The molecule has 0 aliphatic heterocycles. The smallest absolute Gasteiger partial charge is 0.0862 e. The summed E-state index contributed by atoms with van der Waals surface area (Å²) in [4.78, 5) is 4.21. The summed E-state index contributed by atoms with van der Waals surface area (Å²) in [5.74, 6) is 0. The van der Waals surface area contributed by atoms with Gasteiger partial charge in [0.2, 0.25) is 0 Å². The zero-order valence-electron chi connectivity index (χ0n) is 18.5. The highest BCUT2D eigenvalue weighted by Crippen LogP contribution is 2.27. The van der Waals surface area contributed by atoms with Gasteiger partial charge >= 0.3 is 0 Å². The summed E-state index contributed by atoms with van der Waals surface area (Å²) in [5.41, 5.74) is 7.69. The van der Waals surface area contributed by atoms with Crippen molar-refractivity contribution in [2.75, 3.05) is 38.0 Å². The second-order valence-electron chi connectivity index (χ2n) is 7.96. The Kier molecular flexibility index (Phi) is 5.89. The first kappa shape index (κ1) is 20.5. The SMILES string of the molecule is CN(C)c1ccc(C=Cc2cc(-c3ccc(N(C)C)cc3)n(-c3ccccc3)n2)cc1. The average Bonchev–Trinajstić information content (AvgIpc) is 3.23. The van der Waals surface area contributed by atoms with Crippen LogP contribution in [-0.4, -0.2) is 38.0 Å². The quantitative estimate of drug-likeness (QED) is 0.400.